The Balaban J connectivity index is 1.83. The molecule has 2 rings (SSSR count). The molecule has 1 fully saturated rings. The molecule has 1 saturated carbocycles. The van der Waals surface area contributed by atoms with Gasteiger partial charge in [-0.15, -0.1) is 0 Å². The van der Waals surface area contributed by atoms with Crippen molar-refractivity contribution >= 4 is 5.97 Å². The first-order chi connectivity index (χ1) is 7.65. The summed E-state index contributed by atoms with van der Waals surface area (Å²) in [6.45, 7) is 0. The molecule has 1 N–H and O–H groups in total. The van der Waals surface area contributed by atoms with Crippen molar-refractivity contribution in [2.24, 2.45) is 18.9 Å². The molecule has 0 saturated heterocycles. The van der Waals surface area contributed by atoms with Crippen LogP contribution in [0.5, 0.6) is 0 Å². The molecule has 1 aliphatic carbocycles. The number of carboxylic acid groups (broad SMARTS) is 1. The van der Waals surface area contributed by atoms with Crippen molar-refractivity contribution in [3.05, 3.63) is 18.0 Å². The molecule has 1 heterocycles. The van der Waals surface area contributed by atoms with E-state index in [2.05, 4.69) is 5.10 Å². The minimum absolute atomic E-state index is 0.106. The minimum Gasteiger partial charge on any atom is -0.481 e. The highest BCUT2D eigenvalue weighted by Crippen LogP contribution is 2.30. The Kier molecular flexibility index (Phi) is 3.27. The van der Waals surface area contributed by atoms with Crippen molar-refractivity contribution < 1.29 is 9.90 Å². The molecule has 1 aliphatic rings. The second kappa shape index (κ2) is 4.68. The van der Waals surface area contributed by atoms with Crippen LogP contribution in [0.15, 0.2) is 12.4 Å². The van der Waals surface area contributed by atoms with Crippen molar-refractivity contribution in [1.82, 2.24) is 9.78 Å². The van der Waals surface area contributed by atoms with Crippen LogP contribution in [-0.4, -0.2) is 20.9 Å². The van der Waals surface area contributed by atoms with Crippen molar-refractivity contribution in [2.75, 3.05) is 0 Å². The van der Waals surface area contributed by atoms with Crippen LogP contribution in [-0.2, 0) is 18.3 Å². The molecule has 1 aromatic heterocycles. The molecule has 16 heavy (non-hydrogen) atoms. The molecule has 0 amide bonds. The predicted octanol–water partition coefficient (Wildman–Crippen LogP) is 1.85. The third-order valence-electron chi connectivity index (χ3n) is 3.48. The summed E-state index contributed by atoms with van der Waals surface area (Å²) >= 11 is 0. The zero-order valence-corrected chi connectivity index (χ0v) is 9.59. The average Bonchev–Trinajstić information content (AvgIpc) is 2.65. The number of hydrogen-bond acceptors (Lipinski definition) is 2. The molecule has 0 atom stereocenters. The van der Waals surface area contributed by atoms with Crippen LogP contribution in [0.3, 0.4) is 0 Å². The van der Waals surface area contributed by atoms with Crippen molar-refractivity contribution in [1.29, 1.82) is 0 Å². The topological polar surface area (TPSA) is 55.1 Å². The lowest BCUT2D eigenvalue weighted by Crippen LogP contribution is -2.22. The van der Waals surface area contributed by atoms with E-state index in [1.54, 1.807) is 0 Å². The van der Waals surface area contributed by atoms with E-state index in [0.717, 1.165) is 32.1 Å². The van der Waals surface area contributed by atoms with Gasteiger partial charge in [0.2, 0.25) is 0 Å². The molecule has 0 aromatic carbocycles. The molecule has 0 bridgehead atoms. The van der Waals surface area contributed by atoms with Crippen LogP contribution in [0.2, 0.25) is 0 Å². The third kappa shape index (κ3) is 2.62. The van der Waals surface area contributed by atoms with E-state index >= 15 is 0 Å². The molecule has 4 heteroatoms. The minimum atomic E-state index is -0.625. The summed E-state index contributed by atoms with van der Waals surface area (Å²) in [5.41, 5.74) is 1.27. The van der Waals surface area contributed by atoms with Crippen molar-refractivity contribution in [2.45, 2.75) is 32.1 Å². The molecule has 0 spiro atoms. The van der Waals surface area contributed by atoms with Crippen molar-refractivity contribution in [3.63, 3.8) is 0 Å². The van der Waals surface area contributed by atoms with Gasteiger partial charge in [-0.25, -0.2) is 0 Å². The van der Waals surface area contributed by atoms with Gasteiger partial charge in [-0.3, -0.25) is 9.48 Å². The van der Waals surface area contributed by atoms with Gasteiger partial charge in [-0.2, -0.15) is 5.10 Å². The summed E-state index contributed by atoms with van der Waals surface area (Å²) in [7, 11) is 1.92. The van der Waals surface area contributed by atoms with E-state index in [4.69, 9.17) is 5.11 Å². The summed E-state index contributed by atoms with van der Waals surface area (Å²) < 4.78 is 1.82. The summed E-state index contributed by atoms with van der Waals surface area (Å²) in [6.07, 6.45) is 8.73. The first-order valence-corrected chi connectivity index (χ1v) is 5.85. The normalized spacial score (nSPS) is 25.6. The zero-order valence-electron chi connectivity index (χ0n) is 9.59. The number of aliphatic carboxylic acids is 1. The Morgan fingerprint density at radius 1 is 1.50 bits per heavy atom. The highest BCUT2D eigenvalue weighted by molar-refractivity contribution is 5.69. The predicted molar refractivity (Wildman–Crippen MR) is 60.0 cm³/mol. The van der Waals surface area contributed by atoms with E-state index in [0.29, 0.717) is 5.92 Å². The fraction of sp³-hybridized carbons (Fsp3) is 0.667. The molecule has 1 aromatic rings. The first-order valence-electron chi connectivity index (χ1n) is 5.85. The monoisotopic (exact) mass is 222 g/mol. The highest BCUT2D eigenvalue weighted by atomic mass is 16.4. The van der Waals surface area contributed by atoms with Crippen LogP contribution < -0.4 is 0 Å². The van der Waals surface area contributed by atoms with Crippen LogP contribution in [0.25, 0.3) is 0 Å². The van der Waals surface area contributed by atoms with E-state index in [9.17, 15) is 4.79 Å². The maximum absolute atomic E-state index is 10.8. The fourth-order valence-electron chi connectivity index (χ4n) is 2.52. The number of carboxylic acids is 1. The highest BCUT2D eigenvalue weighted by Gasteiger charge is 2.25. The smallest absolute Gasteiger partial charge is 0.306 e. The molecule has 0 radical (unpaired) electrons. The summed E-state index contributed by atoms with van der Waals surface area (Å²) in [4.78, 5) is 10.8. The van der Waals surface area contributed by atoms with E-state index < -0.39 is 5.97 Å². The lowest BCUT2D eigenvalue weighted by Gasteiger charge is -2.25. The van der Waals surface area contributed by atoms with Gasteiger partial charge in [-0.1, -0.05) is 0 Å². The average molecular weight is 222 g/mol. The van der Waals surface area contributed by atoms with Gasteiger partial charge < -0.3 is 5.11 Å². The van der Waals surface area contributed by atoms with Gasteiger partial charge >= 0.3 is 5.97 Å². The Morgan fingerprint density at radius 2 is 2.19 bits per heavy atom. The lowest BCUT2D eigenvalue weighted by molar-refractivity contribution is -0.143. The summed E-state index contributed by atoms with van der Waals surface area (Å²) in [6, 6.07) is 0. The van der Waals surface area contributed by atoms with Gasteiger partial charge in [-0.05, 0) is 43.6 Å². The van der Waals surface area contributed by atoms with Crippen LogP contribution >= 0.6 is 0 Å². The van der Waals surface area contributed by atoms with Crippen LogP contribution in [0.1, 0.15) is 31.2 Å². The van der Waals surface area contributed by atoms with Gasteiger partial charge in [0.25, 0.3) is 0 Å². The Labute approximate surface area is 95.3 Å². The maximum atomic E-state index is 10.8. The van der Waals surface area contributed by atoms with Gasteiger partial charge in [0, 0.05) is 13.2 Å². The number of aryl methyl sites for hydroxylation is 1. The van der Waals surface area contributed by atoms with Crippen LogP contribution in [0, 0.1) is 11.8 Å². The second-order valence-electron chi connectivity index (χ2n) is 4.78. The molecular weight excluding hydrogens is 204 g/mol. The largest absolute Gasteiger partial charge is 0.481 e. The summed E-state index contributed by atoms with van der Waals surface area (Å²) in [5, 5.41) is 13.1. The Morgan fingerprint density at radius 3 is 2.69 bits per heavy atom. The maximum Gasteiger partial charge on any atom is 0.306 e. The first kappa shape index (κ1) is 11.2. The second-order valence-corrected chi connectivity index (χ2v) is 4.78. The molecule has 4 nitrogen and oxygen atoms in total. The van der Waals surface area contributed by atoms with Crippen molar-refractivity contribution in [3.8, 4) is 0 Å². The molecule has 88 valence electrons. The molecular formula is C12H18N2O2. The van der Waals surface area contributed by atoms with Gasteiger partial charge in [0.1, 0.15) is 0 Å². The number of carbonyl (C=O) groups is 1. The van der Waals surface area contributed by atoms with E-state index in [1.807, 2.05) is 24.1 Å². The van der Waals surface area contributed by atoms with E-state index in [1.165, 1.54) is 5.56 Å². The standard InChI is InChI=1S/C12H18N2O2/c1-14-8-10(7-13-14)6-9-2-4-11(5-3-9)12(15)16/h7-9,11H,2-6H2,1H3,(H,15,16)/t9-,11-. The van der Waals surface area contributed by atoms with Gasteiger partial charge in [0.15, 0.2) is 0 Å². The quantitative estimate of drug-likeness (QED) is 0.849. The Bertz CT molecular complexity index is 365. The number of hydrogen-bond donors (Lipinski definition) is 1. The fourth-order valence-corrected chi connectivity index (χ4v) is 2.52. The summed E-state index contributed by atoms with van der Waals surface area (Å²) in [5.74, 6) is -0.0928. The van der Waals surface area contributed by atoms with Crippen LogP contribution in [0.4, 0.5) is 0 Å². The number of rotatable bonds is 3. The zero-order chi connectivity index (χ0) is 11.5. The number of aromatic nitrogens is 2. The third-order valence-corrected chi connectivity index (χ3v) is 3.48. The Hall–Kier alpha value is -1.32. The van der Waals surface area contributed by atoms with Gasteiger partial charge in [0.05, 0.1) is 12.1 Å². The SMILES string of the molecule is Cn1cc(C[C@H]2CC[C@H](C(=O)O)CC2)cn1. The lowest BCUT2D eigenvalue weighted by atomic mass is 9.80. The molecule has 0 unspecified atom stereocenters. The van der Waals surface area contributed by atoms with E-state index in [-0.39, 0.29) is 5.92 Å². The molecule has 0 aliphatic heterocycles. The number of nitrogens with zero attached hydrogens (tertiary/aromatic N) is 2.